The summed E-state index contributed by atoms with van der Waals surface area (Å²) in [4.78, 5) is 24.8. The number of rotatable bonds is 3. The number of fused-ring (bicyclic) bond motifs is 1. The molecule has 0 aliphatic carbocycles. The molecule has 0 bridgehead atoms. The van der Waals surface area contributed by atoms with Gasteiger partial charge in [-0.2, -0.15) is 0 Å². The van der Waals surface area contributed by atoms with E-state index in [1.165, 1.54) is 0 Å². The summed E-state index contributed by atoms with van der Waals surface area (Å²) in [6.07, 6.45) is 3.34. The van der Waals surface area contributed by atoms with Gasteiger partial charge in [-0.1, -0.05) is 12.1 Å². The zero-order valence-electron chi connectivity index (χ0n) is 10.1. The molecule has 0 fully saturated rings. The molecule has 0 unspecified atom stereocenters. The van der Waals surface area contributed by atoms with Crippen molar-refractivity contribution in [1.82, 2.24) is 0 Å². The van der Waals surface area contributed by atoms with E-state index in [1.807, 2.05) is 6.07 Å². The first-order valence-corrected chi connectivity index (χ1v) is 5.91. The van der Waals surface area contributed by atoms with Crippen molar-refractivity contribution in [2.75, 3.05) is 11.4 Å². The number of carboxylic acid groups (broad SMARTS) is 1. The highest BCUT2D eigenvalue weighted by molar-refractivity contribution is 5.98. The maximum atomic E-state index is 11.9. The first-order valence-electron chi connectivity index (χ1n) is 5.91. The van der Waals surface area contributed by atoms with E-state index in [2.05, 4.69) is 6.58 Å². The monoisotopic (exact) mass is 245 g/mol. The molecule has 0 spiro atoms. The Bertz CT molecular complexity index is 508. The second-order valence-corrected chi connectivity index (χ2v) is 4.25. The molecule has 94 valence electrons. The highest BCUT2D eigenvalue weighted by Crippen LogP contribution is 2.30. The quantitative estimate of drug-likeness (QED) is 0.831. The summed E-state index contributed by atoms with van der Waals surface area (Å²) < 4.78 is 0. The average Bonchev–Trinajstić information content (AvgIpc) is 2.37. The fourth-order valence-corrected chi connectivity index (χ4v) is 2.32. The van der Waals surface area contributed by atoms with E-state index >= 15 is 0 Å². The van der Waals surface area contributed by atoms with Crippen LogP contribution >= 0.6 is 0 Å². The van der Waals surface area contributed by atoms with Gasteiger partial charge in [0.05, 0.1) is 5.56 Å². The largest absolute Gasteiger partial charge is 0.478 e. The molecule has 1 aromatic carbocycles. The minimum Gasteiger partial charge on any atom is -0.478 e. The van der Waals surface area contributed by atoms with Crippen LogP contribution in [0.2, 0.25) is 0 Å². The van der Waals surface area contributed by atoms with Gasteiger partial charge in [0.2, 0.25) is 5.91 Å². The fourth-order valence-electron chi connectivity index (χ4n) is 2.32. The summed E-state index contributed by atoms with van der Waals surface area (Å²) in [5.74, 6) is -0.974. The number of amides is 1. The van der Waals surface area contributed by atoms with Crippen molar-refractivity contribution in [2.45, 2.75) is 19.3 Å². The Morgan fingerprint density at radius 2 is 2.22 bits per heavy atom. The Labute approximate surface area is 106 Å². The summed E-state index contributed by atoms with van der Waals surface area (Å²) >= 11 is 0. The topological polar surface area (TPSA) is 57.6 Å². The summed E-state index contributed by atoms with van der Waals surface area (Å²) in [7, 11) is 0. The molecule has 1 amide bonds. The molecule has 18 heavy (non-hydrogen) atoms. The fraction of sp³-hybridized carbons (Fsp3) is 0.286. The van der Waals surface area contributed by atoms with Gasteiger partial charge in [-0.05, 0) is 30.5 Å². The van der Waals surface area contributed by atoms with Crippen molar-refractivity contribution in [1.29, 1.82) is 0 Å². The molecule has 1 N–H and O–H groups in total. The van der Waals surface area contributed by atoms with E-state index in [0.29, 0.717) is 18.5 Å². The number of carbonyl (C=O) groups excluding carboxylic acids is 1. The van der Waals surface area contributed by atoms with Crippen LogP contribution in [-0.2, 0) is 11.2 Å². The summed E-state index contributed by atoms with van der Waals surface area (Å²) in [6.45, 7) is 4.20. The third-order valence-electron chi connectivity index (χ3n) is 3.10. The molecule has 2 rings (SSSR count). The predicted octanol–water partition coefficient (Wildman–Crippen LogP) is 2.24. The number of aromatic carboxylic acids is 1. The van der Waals surface area contributed by atoms with Crippen LogP contribution in [0.1, 0.15) is 28.8 Å². The number of benzene rings is 1. The van der Waals surface area contributed by atoms with Crippen LogP contribution in [0.15, 0.2) is 30.9 Å². The molecule has 0 saturated heterocycles. The van der Waals surface area contributed by atoms with Gasteiger partial charge in [-0.25, -0.2) is 4.79 Å². The van der Waals surface area contributed by atoms with E-state index in [1.54, 1.807) is 23.1 Å². The zero-order valence-corrected chi connectivity index (χ0v) is 10.1. The molecular formula is C14H15NO3. The highest BCUT2D eigenvalue weighted by Gasteiger charge is 2.25. The van der Waals surface area contributed by atoms with Crippen molar-refractivity contribution >= 4 is 17.6 Å². The van der Waals surface area contributed by atoms with Gasteiger partial charge in [0.15, 0.2) is 0 Å². The Morgan fingerprint density at radius 1 is 1.44 bits per heavy atom. The Balaban J connectivity index is 2.44. The van der Waals surface area contributed by atoms with Gasteiger partial charge in [-0.3, -0.25) is 4.79 Å². The van der Waals surface area contributed by atoms with E-state index in [4.69, 9.17) is 5.11 Å². The molecule has 1 aliphatic heterocycles. The molecular weight excluding hydrogens is 230 g/mol. The first-order chi connectivity index (χ1) is 8.65. The normalized spacial score (nSPS) is 13.9. The van der Waals surface area contributed by atoms with Crippen LogP contribution in [-0.4, -0.2) is 23.5 Å². The Hall–Kier alpha value is -2.10. The second-order valence-electron chi connectivity index (χ2n) is 4.25. The standard InChI is InChI=1S/C14H15NO3/c1-2-5-13(16)15-9-4-7-10-11(14(17)18)6-3-8-12(10)15/h2-3,6,8H,1,4-5,7,9H2,(H,17,18). The van der Waals surface area contributed by atoms with Gasteiger partial charge in [0, 0.05) is 18.7 Å². The van der Waals surface area contributed by atoms with Gasteiger partial charge in [0.25, 0.3) is 0 Å². The smallest absolute Gasteiger partial charge is 0.336 e. The van der Waals surface area contributed by atoms with Crippen molar-refractivity contribution in [3.05, 3.63) is 42.0 Å². The lowest BCUT2D eigenvalue weighted by Crippen LogP contribution is -2.35. The first kappa shape index (κ1) is 12.4. The SMILES string of the molecule is C=CCC(=O)N1CCCc2c(C(=O)O)cccc21. The number of hydrogen-bond acceptors (Lipinski definition) is 2. The Kier molecular flexibility index (Phi) is 3.46. The van der Waals surface area contributed by atoms with Crippen molar-refractivity contribution in [2.24, 2.45) is 0 Å². The van der Waals surface area contributed by atoms with Crippen LogP contribution in [0.4, 0.5) is 5.69 Å². The molecule has 1 aliphatic rings. The lowest BCUT2D eigenvalue weighted by molar-refractivity contribution is -0.117. The van der Waals surface area contributed by atoms with Crippen LogP contribution in [0.3, 0.4) is 0 Å². The highest BCUT2D eigenvalue weighted by atomic mass is 16.4. The summed E-state index contributed by atoms with van der Waals surface area (Å²) in [6, 6.07) is 5.08. The second kappa shape index (κ2) is 5.04. The molecule has 0 radical (unpaired) electrons. The number of anilines is 1. The number of nitrogens with zero attached hydrogens (tertiary/aromatic N) is 1. The van der Waals surface area contributed by atoms with Crippen LogP contribution in [0, 0.1) is 0 Å². The van der Waals surface area contributed by atoms with Gasteiger partial charge < -0.3 is 10.0 Å². The number of hydrogen-bond donors (Lipinski definition) is 1. The molecule has 4 heteroatoms. The van der Waals surface area contributed by atoms with Gasteiger partial charge in [0.1, 0.15) is 0 Å². The molecule has 4 nitrogen and oxygen atoms in total. The maximum Gasteiger partial charge on any atom is 0.336 e. The van der Waals surface area contributed by atoms with E-state index < -0.39 is 5.97 Å². The molecule has 1 aromatic rings. The van der Waals surface area contributed by atoms with Crippen LogP contribution in [0.5, 0.6) is 0 Å². The van der Waals surface area contributed by atoms with Crippen molar-refractivity contribution in [3.63, 3.8) is 0 Å². The zero-order chi connectivity index (χ0) is 13.1. The van der Waals surface area contributed by atoms with Gasteiger partial charge >= 0.3 is 5.97 Å². The Morgan fingerprint density at radius 3 is 2.89 bits per heavy atom. The minimum absolute atomic E-state index is 0.0338. The predicted molar refractivity (Wildman–Crippen MR) is 68.9 cm³/mol. The molecule has 0 saturated carbocycles. The lowest BCUT2D eigenvalue weighted by Gasteiger charge is -2.30. The summed E-state index contributed by atoms with van der Waals surface area (Å²) in [5, 5.41) is 9.15. The third kappa shape index (κ3) is 2.14. The number of carboxylic acids is 1. The van der Waals surface area contributed by atoms with Gasteiger partial charge in [-0.15, -0.1) is 6.58 Å². The van der Waals surface area contributed by atoms with E-state index in [0.717, 1.165) is 17.7 Å². The maximum absolute atomic E-state index is 11.9. The third-order valence-corrected chi connectivity index (χ3v) is 3.10. The van der Waals surface area contributed by atoms with Crippen molar-refractivity contribution < 1.29 is 14.7 Å². The minimum atomic E-state index is -0.940. The molecule has 1 heterocycles. The van der Waals surface area contributed by atoms with Crippen LogP contribution < -0.4 is 4.90 Å². The van der Waals surface area contributed by atoms with E-state index in [9.17, 15) is 9.59 Å². The molecule has 0 atom stereocenters. The van der Waals surface area contributed by atoms with Crippen LogP contribution in [0.25, 0.3) is 0 Å². The average molecular weight is 245 g/mol. The summed E-state index contributed by atoms with van der Waals surface area (Å²) in [5.41, 5.74) is 1.78. The van der Waals surface area contributed by atoms with Crippen molar-refractivity contribution in [3.8, 4) is 0 Å². The lowest BCUT2D eigenvalue weighted by atomic mass is 9.96. The molecule has 0 aromatic heterocycles. The number of carbonyl (C=O) groups is 2. The van der Waals surface area contributed by atoms with E-state index in [-0.39, 0.29) is 12.3 Å².